The van der Waals surface area contributed by atoms with E-state index in [-0.39, 0.29) is 11.8 Å². The van der Waals surface area contributed by atoms with Gasteiger partial charge in [-0.2, -0.15) is 0 Å². The molecule has 1 amide bonds. The van der Waals surface area contributed by atoms with Crippen molar-refractivity contribution in [3.05, 3.63) is 30.8 Å². The minimum absolute atomic E-state index is 0.0735. The molecule has 2 rings (SSSR count). The Kier molecular flexibility index (Phi) is 8.70. The average Bonchev–Trinajstić information content (AvgIpc) is 3.15. The summed E-state index contributed by atoms with van der Waals surface area (Å²) in [6, 6.07) is 5.40. The molecule has 138 valence electrons. The molecule has 0 radical (unpaired) electrons. The van der Waals surface area contributed by atoms with Crippen molar-refractivity contribution in [2.45, 2.75) is 34.1 Å². The first-order valence-electron chi connectivity index (χ1n) is 8.63. The average molecular weight is 347 g/mol. The number of methoxy groups -OCH3 is 1. The number of nitrogens with two attached hydrogens (primary N) is 1. The quantitative estimate of drug-likeness (QED) is 0.792. The molecule has 0 fully saturated rings. The highest BCUT2D eigenvalue weighted by molar-refractivity contribution is 5.93. The third kappa shape index (κ3) is 5.90. The Bertz CT molecular complexity index is 639. The highest BCUT2D eigenvalue weighted by atomic mass is 16.5. The zero-order valence-corrected chi connectivity index (χ0v) is 15.7. The van der Waals surface area contributed by atoms with Crippen LogP contribution in [0, 0.1) is 11.8 Å². The topological polar surface area (TPSA) is 90.4 Å². The van der Waals surface area contributed by atoms with Crippen molar-refractivity contribution >= 4 is 11.6 Å². The van der Waals surface area contributed by atoms with Crippen molar-refractivity contribution in [2.24, 2.45) is 17.6 Å². The number of nitrogens with zero attached hydrogens (tertiary/aromatic N) is 1. The molecule has 1 heterocycles. The lowest BCUT2D eigenvalue weighted by molar-refractivity contribution is -0.120. The molecule has 0 aliphatic rings. The molecule has 1 unspecified atom stereocenters. The molecule has 0 saturated carbocycles. The first-order chi connectivity index (χ1) is 12.0. The van der Waals surface area contributed by atoms with Gasteiger partial charge >= 0.3 is 0 Å². The highest BCUT2D eigenvalue weighted by Crippen LogP contribution is 2.32. The number of carbonyl (C=O) groups excluding carboxylic acids is 1. The van der Waals surface area contributed by atoms with Crippen molar-refractivity contribution in [3.63, 3.8) is 0 Å². The van der Waals surface area contributed by atoms with Crippen molar-refractivity contribution in [1.29, 1.82) is 0 Å². The van der Waals surface area contributed by atoms with Crippen molar-refractivity contribution in [1.82, 2.24) is 4.98 Å². The van der Waals surface area contributed by atoms with Gasteiger partial charge in [0.05, 0.1) is 24.8 Å². The van der Waals surface area contributed by atoms with E-state index in [1.54, 1.807) is 25.4 Å². The summed E-state index contributed by atoms with van der Waals surface area (Å²) in [7, 11) is 1.57. The molecule has 25 heavy (non-hydrogen) atoms. The summed E-state index contributed by atoms with van der Waals surface area (Å²) in [5, 5.41) is 2.90. The first-order valence-corrected chi connectivity index (χ1v) is 8.63. The Balaban J connectivity index is 0.00000151. The summed E-state index contributed by atoms with van der Waals surface area (Å²) < 4.78 is 10.7. The van der Waals surface area contributed by atoms with Crippen LogP contribution in [-0.4, -0.2) is 24.5 Å². The molecule has 2 aromatic rings. The summed E-state index contributed by atoms with van der Waals surface area (Å²) in [5.74, 6) is 1.36. The third-order valence-corrected chi connectivity index (χ3v) is 3.58. The SMILES string of the molecule is CC.COc1cc(NC(=O)C(CN)CC(C)C)ccc1-c1cnco1. The number of nitrogens with one attached hydrogen (secondary N) is 1. The van der Waals surface area contributed by atoms with Crippen molar-refractivity contribution in [2.75, 3.05) is 19.0 Å². The number of amides is 1. The monoisotopic (exact) mass is 347 g/mol. The summed E-state index contributed by atoms with van der Waals surface area (Å²) in [4.78, 5) is 16.2. The van der Waals surface area contributed by atoms with Gasteiger partial charge in [0.25, 0.3) is 0 Å². The van der Waals surface area contributed by atoms with Crippen LogP contribution in [0.1, 0.15) is 34.1 Å². The largest absolute Gasteiger partial charge is 0.496 e. The fraction of sp³-hybridized carbons (Fsp3) is 0.474. The maximum atomic E-state index is 12.3. The molecular formula is C19H29N3O3. The van der Waals surface area contributed by atoms with E-state index in [1.165, 1.54) is 6.39 Å². The van der Waals surface area contributed by atoms with Crippen LogP contribution in [0.4, 0.5) is 5.69 Å². The zero-order valence-electron chi connectivity index (χ0n) is 15.7. The number of aromatic nitrogens is 1. The van der Waals surface area contributed by atoms with Crippen LogP contribution in [0.15, 0.2) is 35.2 Å². The molecule has 1 aromatic carbocycles. The van der Waals surface area contributed by atoms with Crippen LogP contribution in [0.3, 0.4) is 0 Å². The fourth-order valence-corrected chi connectivity index (χ4v) is 2.44. The van der Waals surface area contributed by atoms with Crippen LogP contribution in [-0.2, 0) is 4.79 Å². The Labute approximate surface area is 149 Å². The van der Waals surface area contributed by atoms with Crippen LogP contribution in [0.25, 0.3) is 11.3 Å². The van der Waals surface area contributed by atoms with Gasteiger partial charge in [0.2, 0.25) is 5.91 Å². The highest BCUT2D eigenvalue weighted by Gasteiger charge is 2.19. The van der Waals surface area contributed by atoms with Gasteiger partial charge in [0.1, 0.15) is 5.75 Å². The number of ether oxygens (including phenoxy) is 1. The Hall–Kier alpha value is -2.34. The minimum Gasteiger partial charge on any atom is -0.496 e. The van der Waals surface area contributed by atoms with Gasteiger partial charge in [0.15, 0.2) is 12.2 Å². The van der Waals surface area contributed by atoms with Gasteiger partial charge in [-0.15, -0.1) is 0 Å². The smallest absolute Gasteiger partial charge is 0.228 e. The van der Waals surface area contributed by atoms with E-state index >= 15 is 0 Å². The normalized spacial score (nSPS) is 11.5. The molecule has 1 atom stereocenters. The Morgan fingerprint density at radius 1 is 1.36 bits per heavy atom. The van der Waals surface area contributed by atoms with E-state index in [0.29, 0.717) is 29.7 Å². The molecule has 1 aromatic heterocycles. The third-order valence-electron chi connectivity index (χ3n) is 3.58. The molecule has 0 aliphatic carbocycles. The second kappa shape index (κ2) is 10.5. The maximum absolute atomic E-state index is 12.3. The van der Waals surface area contributed by atoms with E-state index in [4.69, 9.17) is 14.9 Å². The van der Waals surface area contributed by atoms with Gasteiger partial charge in [-0.25, -0.2) is 4.98 Å². The van der Waals surface area contributed by atoms with Gasteiger partial charge in [-0.3, -0.25) is 4.79 Å². The zero-order chi connectivity index (χ0) is 18.8. The van der Waals surface area contributed by atoms with Crippen LogP contribution in [0.2, 0.25) is 0 Å². The maximum Gasteiger partial charge on any atom is 0.228 e. The number of anilines is 1. The number of hydrogen-bond acceptors (Lipinski definition) is 5. The number of hydrogen-bond donors (Lipinski definition) is 2. The Morgan fingerprint density at radius 2 is 2.08 bits per heavy atom. The number of benzene rings is 1. The molecule has 0 aliphatic heterocycles. The second-order valence-corrected chi connectivity index (χ2v) is 5.83. The summed E-state index contributed by atoms with van der Waals surface area (Å²) >= 11 is 0. The van der Waals surface area contributed by atoms with Crippen molar-refractivity contribution < 1.29 is 13.9 Å². The Morgan fingerprint density at radius 3 is 2.60 bits per heavy atom. The number of oxazole rings is 1. The lowest BCUT2D eigenvalue weighted by Gasteiger charge is -2.17. The molecule has 3 N–H and O–H groups in total. The lowest BCUT2D eigenvalue weighted by Crippen LogP contribution is -2.30. The van der Waals surface area contributed by atoms with E-state index < -0.39 is 0 Å². The lowest BCUT2D eigenvalue weighted by atomic mass is 9.96. The predicted molar refractivity (Wildman–Crippen MR) is 100 cm³/mol. The van der Waals surface area contributed by atoms with Crippen molar-refractivity contribution in [3.8, 4) is 17.1 Å². The van der Waals surface area contributed by atoms with Crippen LogP contribution < -0.4 is 15.8 Å². The second-order valence-electron chi connectivity index (χ2n) is 5.83. The van der Waals surface area contributed by atoms with Crippen LogP contribution >= 0.6 is 0 Å². The molecule has 0 saturated heterocycles. The summed E-state index contributed by atoms with van der Waals surface area (Å²) in [6.07, 6.45) is 3.74. The molecule has 6 nitrogen and oxygen atoms in total. The standard InChI is InChI=1S/C17H23N3O3.C2H6/c1-11(2)6-12(8-18)17(21)20-13-4-5-14(15(7-13)22-3)16-9-19-10-23-16;1-2/h4-5,7,9-12H,6,8,18H2,1-3H3,(H,20,21);1-2H3. The number of rotatable bonds is 7. The molecule has 6 heteroatoms. The summed E-state index contributed by atoms with van der Waals surface area (Å²) in [6.45, 7) is 8.48. The van der Waals surface area contributed by atoms with E-state index in [2.05, 4.69) is 24.1 Å². The van der Waals surface area contributed by atoms with Gasteiger partial charge < -0.3 is 20.2 Å². The molecule has 0 bridgehead atoms. The summed E-state index contributed by atoms with van der Waals surface area (Å²) in [5.41, 5.74) is 7.16. The minimum atomic E-state index is -0.199. The number of carbonyl (C=O) groups is 1. The fourth-order valence-electron chi connectivity index (χ4n) is 2.44. The molecule has 0 spiro atoms. The van der Waals surface area contributed by atoms with Crippen LogP contribution in [0.5, 0.6) is 5.75 Å². The predicted octanol–water partition coefficient (Wildman–Crippen LogP) is 3.94. The van der Waals surface area contributed by atoms with E-state index in [9.17, 15) is 4.79 Å². The van der Waals surface area contributed by atoms with Gasteiger partial charge in [-0.1, -0.05) is 27.7 Å². The first kappa shape index (κ1) is 20.7. The van der Waals surface area contributed by atoms with Gasteiger partial charge in [-0.05, 0) is 24.5 Å². The van der Waals surface area contributed by atoms with E-state index in [1.807, 2.05) is 19.9 Å². The molecular weight excluding hydrogens is 318 g/mol. The van der Waals surface area contributed by atoms with E-state index in [0.717, 1.165) is 12.0 Å². The van der Waals surface area contributed by atoms with Gasteiger partial charge in [0, 0.05) is 18.3 Å².